The van der Waals surface area contributed by atoms with Crippen molar-refractivity contribution in [1.82, 2.24) is 4.98 Å². The number of hydrogen-bond acceptors (Lipinski definition) is 7. The van der Waals surface area contributed by atoms with Crippen molar-refractivity contribution < 1.29 is 23.9 Å². The lowest BCUT2D eigenvalue weighted by atomic mass is 10.1. The number of nitrogens with one attached hydrogen (secondary N) is 1. The number of ketones is 1. The molecule has 1 fully saturated rings. The molecule has 0 saturated carbocycles. The van der Waals surface area contributed by atoms with Crippen LogP contribution in [0.2, 0.25) is 0 Å². The molecule has 1 aromatic heterocycles. The van der Waals surface area contributed by atoms with Gasteiger partial charge in [-0.25, -0.2) is 4.98 Å². The number of ether oxygens (including phenoxy) is 1. The number of Topliss-reactive ketones (excluding diaryl/α,β-unsaturated/α-hetero) is 1. The SMILES string of the molecule is O=C1Cc2cc(C(=O)COC(=O)Cc3csc(N4CCCC4=O)n3)ccc2N1. The maximum absolute atomic E-state index is 12.3. The molecule has 1 N–H and O–H groups in total. The summed E-state index contributed by atoms with van der Waals surface area (Å²) in [6, 6.07) is 4.91. The molecule has 1 aromatic carbocycles. The summed E-state index contributed by atoms with van der Waals surface area (Å²) in [5, 5.41) is 5.00. The summed E-state index contributed by atoms with van der Waals surface area (Å²) >= 11 is 1.31. The summed E-state index contributed by atoms with van der Waals surface area (Å²) in [5.41, 5.74) is 2.37. The van der Waals surface area contributed by atoms with Gasteiger partial charge in [0.15, 0.2) is 17.5 Å². The number of carbonyl (C=O) groups is 4. The average Bonchev–Trinajstić information content (AvgIpc) is 3.37. The van der Waals surface area contributed by atoms with Crippen LogP contribution in [-0.4, -0.2) is 41.7 Å². The zero-order valence-electron chi connectivity index (χ0n) is 14.9. The number of thiazole rings is 1. The molecule has 144 valence electrons. The van der Waals surface area contributed by atoms with Gasteiger partial charge in [-0.15, -0.1) is 11.3 Å². The molecule has 4 rings (SSSR count). The van der Waals surface area contributed by atoms with E-state index < -0.39 is 5.97 Å². The number of carbonyl (C=O) groups excluding carboxylic acids is 4. The lowest BCUT2D eigenvalue weighted by Gasteiger charge is -2.10. The largest absolute Gasteiger partial charge is 0.457 e. The van der Waals surface area contributed by atoms with Crippen molar-refractivity contribution in [2.75, 3.05) is 23.4 Å². The van der Waals surface area contributed by atoms with Gasteiger partial charge in [0.25, 0.3) is 0 Å². The van der Waals surface area contributed by atoms with Crippen LogP contribution in [0.4, 0.5) is 10.8 Å². The minimum atomic E-state index is -0.559. The van der Waals surface area contributed by atoms with Gasteiger partial charge in [-0.1, -0.05) is 0 Å². The van der Waals surface area contributed by atoms with E-state index in [2.05, 4.69) is 10.3 Å². The number of hydrogen-bond donors (Lipinski definition) is 1. The Hall–Kier alpha value is -3.07. The van der Waals surface area contributed by atoms with Crippen molar-refractivity contribution in [3.63, 3.8) is 0 Å². The van der Waals surface area contributed by atoms with Gasteiger partial charge in [-0.3, -0.25) is 24.1 Å². The molecule has 2 aromatic rings. The second kappa shape index (κ2) is 7.51. The number of esters is 1. The summed E-state index contributed by atoms with van der Waals surface area (Å²) in [5.74, 6) is -0.960. The summed E-state index contributed by atoms with van der Waals surface area (Å²) < 4.78 is 5.07. The molecule has 0 spiro atoms. The van der Waals surface area contributed by atoms with Crippen LogP contribution >= 0.6 is 11.3 Å². The highest BCUT2D eigenvalue weighted by Gasteiger charge is 2.25. The van der Waals surface area contributed by atoms with Crippen LogP contribution in [0.25, 0.3) is 0 Å². The van der Waals surface area contributed by atoms with E-state index in [4.69, 9.17) is 4.74 Å². The Kier molecular flexibility index (Phi) is 4.91. The number of fused-ring (bicyclic) bond motifs is 1. The van der Waals surface area contributed by atoms with Gasteiger partial charge in [0.2, 0.25) is 11.8 Å². The normalized spacial score (nSPS) is 15.5. The van der Waals surface area contributed by atoms with Gasteiger partial charge in [0.1, 0.15) is 0 Å². The van der Waals surface area contributed by atoms with Crippen molar-refractivity contribution in [3.8, 4) is 0 Å². The molecule has 0 radical (unpaired) electrons. The molecule has 0 aliphatic carbocycles. The van der Waals surface area contributed by atoms with Crippen molar-refractivity contribution in [2.45, 2.75) is 25.7 Å². The van der Waals surface area contributed by atoms with Crippen LogP contribution in [0.15, 0.2) is 23.6 Å². The van der Waals surface area contributed by atoms with Crippen LogP contribution in [0.3, 0.4) is 0 Å². The molecular formula is C19H17N3O5S. The second-order valence-electron chi connectivity index (χ2n) is 6.63. The molecule has 3 heterocycles. The third kappa shape index (κ3) is 3.79. The predicted octanol–water partition coefficient (Wildman–Crippen LogP) is 1.73. The third-order valence-electron chi connectivity index (χ3n) is 4.59. The number of aromatic nitrogens is 1. The minimum absolute atomic E-state index is 0.0420. The number of rotatable bonds is 6. The number of benzene rings is 1. The third-order valence-corrected chi connectivity index (χ3v) is 5.50. The van der Waals surface area contributed by atoms with Gasteiger partial charge in [-0.05, 0) is 30.2 Å². The van der Waals surface area contributed by atoms with Crippen LogP contribution in [0.5, 0.6) is 0 Å². The highest BCUT2D eigenvalue weighted by atomic mass is 32.1. The molecular weight excluding hydrogens is 382 g/mol. The molecule has 1 saturated heterocycles. The van der Waals surface area contributed by atoms with E-state index in [1.807, 2.05) is 0 Å². The van der Waals surface area contributed by atoms with E-state index in [1.54, 1.807) is 28.5 Å². The number of amides is 2. The van der Waals surface area contributed by atoms with Crippen molar-refractivity contribution >= 4 is 45.7 Å². The van der Waals surface area contributed by atoms with E-state index in [1.165, 1.54) is 11.3 Å². The fraction of sp³-hybridized carbons (Fsp3) is 0.316. The average molecular weight is 399 g/mol. The molecule has 0 atom stereocenters. The Balaban J connectivity index is 1.31. The maximum Gasteiger partial charge on any atom is 0.312 e. The highest BCUT2D eigenvalue weighted by molar-refractivity contribution is 7.14. The van der Waals surface area contributed by atoms with E-state index in [0.717, 1.165) is 12.0 Å². The monoisotopic (exact) mass is 399 g/mol. The van der Waals surface area contributed by atoms with Crippen LogP contribution < -0.4 is 10.2 Å². The van der Waals surface area contributed by atoms with Crippen molar-refractivity contribution in [1.29, 1.82) is 0 Å². The van der Waals surface area contributed by atoms with E-state index in [0.29, 0.717) is 35.0 Å². The smallest absolute Gasteiger partial charge is 0.312 e. The molecule has 2 amide bonds. The molecule has 8 nitrogen and oxygen atoms in total. The summed E-state index contributed by atoms with van der Waals surface area (Å²) in [4.78, 5) is 53.3. The molecule has 2 aliphatic heterocycles. The Morgan fingerprint density at radius 1 is 1.29 bits per heavy atom. The van der Waals surface area contributed by atoms with Crippen molar-refractivity contribution in [3.05, 3.63) is 40.4 Å². The summed E-state index contributed by atoms with van der Waals surface area (Å²) in [7, 11) is 0. The molecule has 2 aliphatic rings. The standard InChI is InChI=1S/C19H17N3O5S/c23-15(11-3-4-14-12(6-11)7-16(24)21-14)9-27-18(26)8-13-10-28-19(20-13)22-5-1-2-17(22)25/h3-4,6,10H,1-2,5,7-9H2,(H,21,24). The van der Waals surface area contributed by atoms with Crippen molar-refractivity contribution in [2.24, 2.45) is 0 Å². The Morgan fingerprint density at radius 2 is 2.14 bits per heavy atom. The first-order valence-corrected chi connectivity index (χ1v) is 9.74. The molecule has 9 heteroatoms. The Morgan fingerprint density at radius 3 is 2.93 bits per heavy atom. The number of anilines is 2. The maximum atomic E-state index is 12.3. The van der Waals surface area contributed by atoms with Gasteiger partial charge in [0, 0.05) is 29.6 Å². The van der Waals surface area contributed by atoms with Gasteiger partial charge >= 0.3 is 5.97 Å². The van der Waals surface area contributed by atoms with Gasteiger partial charge < -0.3 is 10.1 Å². The zero-order chi connectivity index (χ0) is 19.7. The zero-order valence-corrected chi connectivity index (χ0v) is 15.7. The fourth-order valence-electron chi connectivity index (χ4n) is 3.18. The Labute approximate surface area is 164 Å². The van der Waals surface area contributed by atoms with E-state index >= 15 is 0 Å². The second-order valence-corrected chi connectivity index (χ2v) is 7.46. The summed E-state index contributed by atoms with van der Waals surface area (Å²) in [6.45, 7) is 0.271. The highest BCUT2D eigenvalue weighted by Crippen LogP contribution is 2.26. The molecule has 0 unspecified atom stereocenters. The first-order valence-electron chi connectivity index (χ1n) is 8.86. The lowest BCUT2D eigenvalue weighted by molar-refractivity contribution is -0.141. The lowest BCUT2D eigenvalue weighted by Crippen LogP contribution is -2.23. The first-order chi connectivity index (χ1) is 13.5. The van der Waals surface area contributed by atoms with Crippen LogP contribution in [0.1, 0.15) is 34.5 Å². The minimum Gasteiger partial charge on any atom is -0.457 e. The summed E-state index contributed by atoms with van der Waals surface area (Å²) in [6.07, 6.45) is 1.51. The first kappa shape index (κ1) is 18.3. The number of nitrogens with zero attached hydrogens (tertiary/aromatic N) is 2. The topological polar surface area (TPSA) is 106 Å². The van der Waals surface area contributed by atoms with Crippen LogP contribution in [0, 0.1) is 0 Å². The van der Waals surface area contributed by atoms with E-state index in [9.17, 15) is 19.2 Å². The van der Waals surface area contributed by atoms with Crippen LogP contribution in [-0.2, 0) is 32.0 Å². The molecule has 0 bridgehead atoms. The van der Waals surface area contributed by atoms with E-state index in [-0.39, 0.29) is 37.0 Å². The predicted molar refractivity (Wildman–Crippen MR) is 101 cm³/mol. The fourth-order valence-corrected chi connectivity index (χ4v) is 4.05. The van der Waals surface area contributed by atoms with Gasteiger partial charge in [0.05, 0.1) is 18.5 Å². The van der Waals surface area contributed by atoms with Gasteiger partial charge in [-0.2, -0.15) is 0 Å². The Bertz CT molecular complexity index is 984. The molecule has 28 heavy (non-hydrogen) atoms. The quantitative estimate of drug-likeness (QED) is 0.586.